The number of carboxylic acid groups (broad SMARTS) is 1. The molecule has 0 aromatic heterocycles. The quantitative estimate of drug-likeness (QED) is 0.455. The van der Waals surface area contributed by atoms with E-state index >= 15 is 0 Å². The van der Waals surface area contributed by atoms with E-state index in [0.717, 1.165) is 22.3 Å². The molecule has 1 unspecified atom stereocenters. The predicted molar refractivity (Wildman–Crippen MR) is 98.6 cm³/mol. The third-order valence-corrected chi connectivity index (χ3v) is 4.74. The normalized spacial score (nSPS) is 14.8. The van der Waals surface area contributed by atoms with Crippen LogP contribution in [0.5, 0.6) is 0 Å². The van der Waals surface area contributed by atoms with E-state index < -0.39 is 23.9 Å². The molecule has 1 aliphatic rings. The van der Waals surface area contributed by atoms with Crippen molar-refractivity contribution in [1.29, 1.82) is 0 Å². The van der Waals surface area contributed by atoms with Gasteiger partial charge < -0.3 is 15.6 Å². The van der Waals surface area contributed by atoms with Gasteiger partial charge in [0.2, 0.25) is 0 Å². The van der Waals surface area contributed by atoms with Gasteiger partial charge in [0.25, 0.3) is 0 Å². The Hall–Kier alpha value is -2.92. The van der Waals surface area contributed by atoms with Crippen molar-refractivity contribution in [2.75, 3.05) is 6.61 Å². The molecule has 2 aromatic rings. The molecule has 26 heavy (non-hydrogen) atoms. The number of carbonyl (C=O) groups excluding carboxylic acids is 1. The number of hydrogen-bond donors (Lipinski definition) is 2. The first-order valence-corrected chi connectivity index (χ1v) is 8.48. The smallest absolute Gasteiger partial charge is 0.321 e. The molecule has 2 aromatic carbocycles. The Morgan fingerprint density at radius 3 is 2.15 bits per heavy atom. The van der Waals surface area contributed by atoms with Crippen LogP contribution in [0.4, 0.5) is 0 Å². The second-order valence-corrected chi connectivity index (χ2v) is 6.36. The number of esters is 1. The molecule has 5 nitrogen and oxygen atoms in total. The minimum atomic E-state index is -1.40. The molecule has 3 rings (SSSR count). The van der Waals surface area contributed by atoms with E-state index in [9.17, 15) is 14.7 Å². The molecule has 134 valence electrons. The van der Waals surface area contributed by atoms with Crippen LogP contribution in [0.3, 0.4) is 0 Å². The number of fused-ring (bicyclic) bond motifs is 3. The van der Waals surface area contributed by atoms with E-state index in [2.05, 4.69) is 6.58 Å². The average molecular weight is 351 g/mol. The predicted octanol–water partition coefficient (Wildman–Crippen LogP) is 2.95. The summed E-state index contributed by atoms with van der Waals surface area (Å²) in [7, 11) is 0. The molecule has 0 radical (unpaired) electrons. The van der Waals surface area contributed by atoms with Gasteiger partial charge in [-0.25, -0.2) is 0 Å². The SMILES string of the molecule is C=CCC(N)[C@@H](C(=O)O)C(=O)OCC1c2ccccc2-c2ccccc21. The van der Waals surface area contributed by atoms with Crippen LogP contribution in [0.25, 0.3) is 11.1 Å². The van der Waals surface area contributed by atoms with Crippen molar-refractivity contribution in [2.45, 2.75) is 18.4 Å². The molecule has 0 fully saturated rings. The Balaban J connectivity index is 1.80. The van der Waals surface area contributed by atoms with Crippen LogP contribution in [0.1, 0.15) is 23.5 Å². The van der Waals surface area contributed by atoms with Gasteiger partial charge in [-0.3, -0.25) is 9.59 Å². The zero-order chi connectivity index (χ0) is 18.7. The molecular formula is C21H21NO4. The maximum Gasteiger partial charge on any atom is 0.321 e. The Morgan fingerprint density at radius 2 is 1.65 bits per heavy atom. The lowest BCUT2D eigenvalue weighted by atomic mass is 9.96. The molecule has 0 aliphatic heterocycles. The zero-order valence-electron chi connectivity index (χ0n) is 14.3. The number of carboxylic acids is 1. The summed E-state index contributed by atoms with van der Waals surface area (Å²) in [6.07, 6.45) is 1.72. The van der Waals surface area contributed by atoms with E-state index in [1.165, 1.54) is 6.08 Å². The molecule has 0 heterocycles. The van der Waals surface area contributed by atoms with Gasteiger partial charge in [0.1, 0.15) is 6.61 Å². The summed E-state index contributed by atoms with van der Waals surface area (Å²) >= 11 is 0. The summed E-state index contributed by atoms with van der Waals surface area (Å²) in [5.41, 5.74) is 10.2. The monoisotopic (exact) mass is 351 g/mol. The maximum atomic E-state index is 12.4. The Bertz CT molecular complexity index is 800. The average Bonchev–Trinajstić information content (AvgIpc) is 2.94. The van der Waals surface area contributed by atoms with Crippen LogP contribution >= 0.6 is 0 Å². The van der Waals surface area contributed by atoms with E-state index in [1.807, 2.05) is 48.5 Å². The number of hydrogen-bond acceptors (Lipinski definition) is 4. The highest BCUT2D eigenvalue weighted by molar-refractivity contribution is 5.95. The highest BCUT2D eigenvalue weighted by Crippen LogP contribution is 2.44. The highest BCUT2D eigenvalue weighted by Gasteiger charge is 2.35. The molecule has 1 aliphatic carbocycles. The second kappa shape index (κ2) is 7.54. The number of aliphatic carboxylic acids is 1. The van der Waals surface area contributed by atoms with Gasteiger partial charge >= 0.3 is 11.9 Å². The molecule has 0 bridgehead atoms. The Labute approximate surface area is 152 Å². The van der Waals surface area contributed by atoms with E-state index in [-0.39, 0.29) is 18.9 Å². The van der Waals surface area contributed by atoms with Crippen molar-refractivity contribution in [1.82, 2.24) is 0 Å². The lowest BCUT2D eigenvalue weighted by molar-refractivity contribution is -0.159. The second-order valence-electron chi connectivity index (χ2n) is 6.36. The van der Waals surface area contributed by atoms with Crippen LogP contribution in [0.2, 0.25) is 0 Å². The standard InChI is InChI=1S/C21H21NO4/c1-2-7-18(22)19(20(23)24)21(25)26-12-17-15-10-5-3-8-13(15)14-9-4-6-11-16(14)17/h2-6,8-11,17-19H,1,7,12,22H2,(H,23,24)/t18?,19-/m0/s1. The van der Waals surface area contributed by atoms with E-state index in [1.54, 1.807) is 0 Å². The Kier molecular flexibility index (Phi) is 5.19. The zero-order valence-corrected chi connectivity index (χ0v) is 14.3. The van der Waals surface area contributed by atoms with Crippen LogP contribution in [0, 0.1) is 5.92 Å². The fraction of sp³-hybridized carbons (Fsp3) is 0.238. The fourth-order valence-corrected chi connectivity index (χ4v) is 3.48. The third-order valence-electron chi connectivity index (χ3n) is 4.74. The summed E-state index contributed by atoms with van der Waals surface area (Å²) in [6, 6.07) is 15.1. The number of nitrogens with two attached hydrogens (primary N) is 1. The fourth-order valence-electron chi connectivity index (χ4n) is 3.48. The number of carbonyl (C=O) groups is 2. The van der Waals surface area contributed by atoms with Crippen LogP contribution in [-0.2, 0) is 14.3 Å². The van der Waals surface area contributed by atoms with Crippen molar-refractivity contribution in [3.63, 3.8) is 0 Å². The first-order valence-electron chi connectivity index (χ1n) is 8.48. The molecular weight excluding hydrogens is 330 g/mol. The molecule has 3 N–H and O–H groups in total. The van der Waals surface area contributed by atoms with Gasteiger partial charge in [-0.1, -0.05) is 54.6 Å². The topological polar surface area (TPSA) is 89.6 Å². The highest BCUT2D eigenvalue weighted by atomic mass is 16.5. The van der Waals surface area contributed by atoms with Crippen molar-refractivity contribution in [3.05, 3.63) is 72.3 Å². The number of rotatable bonds is 7. The van der Waals surface area contributed by atoms with Crippen molar-refractivity contribution >= 4 is 11.9 Å². The van der Waals surface area contributed by atoms with Gasteiger partial charge in [-0.15, -0.1) is 6.58 Å². The van der Waals surface area contributed by atoms with Gasteiger partial charge in [-0.05, 0) is 28.7 Å². The Morgan fingerprint density at radius 1 is 1.12 bits per heavy atom. The summed E-state index contributed by atoms with van der Waals surface area (Å²) in [4.78, 5) is 23.8. The maximum absolute atomic E-state index is 12.4. The molecule has 5 heteroatoms. The molecule has 0 spiro atoms. The molecule has 0 saturated carbocycles. The number of ether oxygens (including phenoxy) is 1. The van der Waals surface area contributed by atoms with Crippen LogP contribution < -0.4 is 5.73 Å². The van der Waals surface area contributed by atoms with Gasteiger partial charge in [0.05, 0.1) is 0 Å². The minimum absolute atomic E-state index is 0.0808. The van der Waals surface area contributed by atoms with Crippen molar-refractivity contribution in [2.24, 2.45) is 11.7 Å². The lowest BCUT2D eigenvalue weighted by Crippen LogP contribution is -2.41. The molecule has 0 saturated heterocycles. The first-order chi connectivity index (χ1) is 12.5. The van der Waals surface area contributed by atoms with Crippen molar-refractivity contribution < 1.29 is 19.4 Å². The van der Waals surface area contributed by atoms with Crippen LogP contribution in [-0.4, -0.2) is 29.7 Å². The third kappa shape index (κ3) is 3.26. The summed E-state index contributed by atoms with van der Waals surface area (Å²) < 4.78 is 5.40. The molecule has 2 atom stereocenters. The van der Waals surface area contributed by atoms with Gasteiger partial charge in [0.15, 0.2) is 5.92 Å². The summed E-state index contributed by atoms with van der Waals surface area (Å²) in [5.74, 6) is -3.61. The number of benzene rings is 2. The molecule has 0 amide bonds. The van der Waals surface area contributed by atoms with Gasteiger partial charge in [0, 0.05) is 12.0 Å². The summed E-state index contributed by atoms with van der Waals surface area (Å²) in [5, 5.41) is 9.33. The van der Waals surface area contributed by atoms with Crippen molar-refractivity contribution in [3.8, 4) is 11.1 Å². The van der Waals surface area contributed by atoms with E-state index in [0.29, 0.717) is 0 Å². The first kappa shape index (κ1) is 17.9. The lowest BCUT2D eigenvalue weighted by Gasteiger charge is -2.20. The van der Waals surface area contributed by atoms with Crippen LogP contribution in [0.15, 0.2) is 61.2 Å². The summed E-state index contributed by atoms with van der Waals surface area (Å²) in [6.45, 7) is 3.62. The largest absolute Gasteiger partial charge is 0.481 e. The minimum Gasteiger partial charge on any atom is -0.481 e. The van der Waals surface area contributed by atoms with E-state index in [4.69, 9.17) is 10.5 Å². The van der Waals surface area contributed by atoms with Gasteiger partial charge in [-0.2, -0.15) is 0 Å².